The summed E-state index contributed by atoms with van der Waals surface area (Å²) in [6, 6.07) is 5.10. The van der Waals surface area contributed by atoms with Crippen molar-refractivity contribution in [3.8, 4) is 0 Å². The van der Waals surface area contributed by atoms with Crippen molar-refractivity contribution in [1.82, 2.24) is 14.5 Å². The molecule has 0 aliphatic rings. The van der Waals surface area contributed by atoms with Gasteiger partial charge in [-0.1, -0.05) is 19.6 Å². The first-order chi connectivity index (χ1) is 10.3. The second-order valence-electron chi connectivity index (χ2n) is 6.97. The van der Waals surface area contributed by atoms with Crippen LogP contribution < -0.4 is 10.9 Å². The average molecular weight is 321 g/mol. The molecule has 0 atom stereocenters. The Labute approximate surface area is 132 Å². The SMILES string of the molecule is CNCc1cc2c(=O)n(C)ccc2n1COCC[Si](C)(C)C. The van der Waals surface area contributed by atoms with Crippen LogP contribution in [0.4, 0.5) is 0 Å². The molecule has 0 aliphatic carbocycles. The molecule has 2 rings (SSSR count). The van der Waals surface area contributed by atoms with E-state index in [9.17, 15) is 4.79 Å². The Bertz CT molecular complexity index is 698. The van der Waals surface area contributed by atoms with Crippen LogP contribution in [-0.2, 0) is 25.1 Å². The predicted octanol–water partition coefficient (Wildman–Crippen LogP) is 2.37. The number of aromatic nitrogens is 2. The molecule has 122 valence electrons. The van der Waals surface area contributed by atoms with Crippen molar-refractivity contribution >= 4 is 19.0 Å². The minimum Gasteiger partial charge on any atom is -0.361 e. The third kappa shape index (κ3) is 3.88. The van der Waals surface area contributed by atoms with Crippen molar-refractivity contribution in [3.63, 3.8) is 0 Å². The Hall–Kier alpha value is -1.37. The molecule has 0 saturated heterocycles. The number of pyridine rings is 1. The summed E-state index contributed by atoms with van der Waals surface area (Å²) in [6.45, 7) is 9.03. The second kappa shape index (κ2) is 6.81. The number of rotatable bonds is 7. The van der Waals surface area contributed by atoms with Crippen molar-refractivity contribution in [2.75, 3.05) is 13.7 Å². The summed E-state index contributed by atoms with van der Waals surface area (Å²) in [5.74, 6) is 0. The number of nitrogens with zero attached hydrogens (tertiary/aromatic N) is 2. The zero-order chi connectivity index (χ0) is 16.3. The summed E-state index contributed by atoms with van der Waals surface area (Å²) >= 11 is 0. The molecule has 0 aromatic carbocycles. The van der Waals surface area contributed by atoms with Crippen LogP contribution in [0.5, 0.6) is 0 Å². The average Bonchev–Trinajstić information content (AvgIpc) is 2.77. The normalized spacial score (nSPS) is 12.2. The Morgan fingerprint density at radius 1 is 1.32 bits per heavy atom. The van der Waals surface area contributed by atoms with Crippen molar-refractivity contribution in [2.24, 2.45) is 7.05 Å². The largest absolute Gasteiger partial charge is 0.361 e. The molecule has 0 fully saturated rings. The van der Waals surface area contributed by atoms with E-state index in [4.69, 9.17) is 4.74 Å². The summed E-state index contributed by atoms with van der Waals surface area (Å²) in [5, 5.41) is 3.91. The van der Waals surface area contributed by atoms with E-state index in [1.54, 1.807) is 11.6 Å². The van der Waals surface area contributed by atoms with Gasteiger partial charge in [0, 0.05) is 40.2 Å². The van der Waals surface area contributed by atoms with E-state index in [1.807, 2.05) is 25.4 Å². The van der Waals surface area contributed by atoms with Gasteiger partial charge in [-0.2, -0.15) is 0 Å². The highest BCUT2D eigenvalue weighted by Crippen LogP contribution is 2.17. The maximum Gasteiger partial charge on any atom is 0.259 e. The summed E-state index contributed by atoms with van der Waals surface area (Å²) in [6.07, 6.45) is 1.81. The number of nitrogens with one attached hydrogen (secondary N) is 1. The van der Waals surface area contributed by atoms with Gasteiger partial charge in [0.05, 0.1) is 10.9 Å². The Kier molecular flexibility index (Phi) is 5.26. The van der Waals surface area contributed by atoms with E-state index in [2.05, 4.69) is 29.5 Å². The molecule has 2 heterocycles. The molecule has 0 spiro atoms. The quantitative estimate of drug-likeness (QED) is 0.629. The molecule has 0 bridgehead atoms. The molecule has 0 aliphatic heterocycles. The van der Waals surface area contributed by atoms with Crippen molar-refractivity contribution in [3.05, 3.63) is 34.4 Å². The van der Waals surface area contributed by atoms with Crippen molar-refractivity contribution in [1.29, 1.82) is 0 Å². The predicted molar refractivity (Wildman–Crippen MR) is 94.0 cm³/mol. The molecule has 0 radical (unpaired) electrons. The van der Waals surface area contributed by atoms with E-state index in [1.165, 1.54) is 0 Å². The fraction of sp³-hybridized carbons (Fsp3) is 0.562. The topological polar surface area (TPSA) is 48.2 Å². The Morgan fingerprint density at radius 3 is 2.68 bits per heavy atom. The molecule has 2 aromatic heterocycles. The maximum atomic E-state index is 12.3. The number of fused-ring (bicyclic) bond motifs is 1. The first-order valence-electron chi connectivity index (χ1n) is 7.73. The van der Waals surface area contributed by atoms with Gasteiger partial charge >= 0.3 is 0 Å². The molecule has 6 heteroatoms. The maximum absolute atomic E-state index is 12.3. The lowest BCUT2D eigenvalue weighted by atomic mass is 10.3. The molecule has 0 saturated carbocycles. The van der Waals surface area contributed by atoms with E-state index in [-0.39, 0.29) is 5.56 Å². The van der Waals surface area contributed by atoms with Gasteiger partial charge in [-0.3, -0.25) is 4.79 Å². The van der Waals surface area contributed by atoms with E-state index < -0.39 is 8.07 Å². The fourth-order valence-electron chi connectivity index (χ4n) is 2.42. The van der Waals surface area contributed by atoms with Gasteiger partial charge in [0.25, 0.3) is 5.56 Å². The zero-order valence-electron chi connectivity index (χ0n) is 14.3. The summed E-state index contributed by atoms with van der Waals surface area (Å²) in [7, 11) is 2.61. The minimum absolute atomic E-state index is 0.0377. The second-order valence-corrected chi connectivity index (χ2v) is 12.6. The summed E-state index contributed by atoms with van der Waals surface area (Å²) in [4.78, 5) is 12.3. The monoisotopic (exact) mass is 321 g/mol. The van der Waals surface area contributed by atoms with Crippen LogP contribution >= 0.6 is 0 Å². The molecule has 5 nitrogen and oxygen atoms in total. The van der Waals surface area contributed by atoms with Crippen LogP contribution in [0, 0.1) is 0 Å². The first kappa shape index (κ1) is 17.0. The number of aryl methyl sites for hydroxylation is 1. The third-order valence-electron chi connectivity index (χ3n) is 3.81. The van der Waals surface area contributed by atoms with Crippen LogP contribution in [-0.4, -0.2) is 30.9 Å². The van der Waals surface area contributed by atoms with E-state index in [0.717, 1.165) is 35.8 Å². The third-order valence-corrected chi connectivity index (χ3v) is 5.51. The standard InChI is InChI=1S/C16H27N3O2Si/c1-17-11-13-10-14-15(6-7-18(2)16(14)20)19(13)12-21-8-9-22(3,4)5/h6-7,10,17H,8-9,11-12H2,1-5H3. The summed E-state index contributed by atoms with van der Waals surface area (Å²) < 4.78 is 9.59. The highest BCUT2D eigenvalue weighted by atomic mass is 28.3. The number of hydrogen-bond acceptors (Lipinski definition) is 3. The number of hydrogen-bond donors (Lipinski definition) is 1. The van der Waals surface area contributed by atoms with Gasteiger partial charge in [0.2, 0.25) is 0 Å². The minimum atomic E-state index is -1.08. The lowest BCUT2D eigenvalue weighted by molar-refractivity contribution is 0.0883. The molecular weight excluding hydrogens is 294 g/mol. The van der Waals surface area contributed by atoms with Crippen LogP contribution in [0.25, 0.3) is 10.9 Å². The smallest absolute Gasteiger partial charge is 0.259 e. The lowest BCUT2D eigenvalue weighted by Gasteiger charge is -2.17. The van der Waals surface area contributed by atoms with Gasteiger partial charge < -0.3 is 19.2 Å². The van der Waals surface area contributed by atoms with Crippen molar-refractivity contribution in [2.45, 2.75) is 39.0 Å². The van der Waals surface area contributed by atoms with Gasteiger partial charge in [0.15, 0.2) is 0 Å². The molecule has 2 aromatic rings. The Balaban J connectivity index is 2.25. The molecule has 0 unspecified atom stereocenters. The van der Waals surface area contributed by atoms with Gasteiger partial charge in [-0.25, -0.2) is 0 Å². The highest BCUT2D eigenvalue weighted by molar-refractivity contribution is 6.76. The molecule has 22 heavy (non-hydrogen) atoms. The summed E-state index contributed by atoms with van der Waals surface area (Å²) in [5.41, 5.74) is 2.06. The van der Waals surface area contributed by atoms with Gasteiger partial charge in [-0.15, -0.1) is 0 Å². The van der Waals surface area contributed by atoms with E-state index in [0.29, 0.717) is 6.73 Å². The van der Waals surface area contributed by atoms with Crippen molar-refractivity contribution < 1.29 is 4.74 Å². The number of ether oxygens (including phenoxy) is 1. The molecule has 0 amide bonds. The molecular formula is C16H27N3O2Si. The lowest BCUT2D eigenvalue weighted by Crippen LogP contribution is -2.22. The van der Waals surface area contributed by atoms with Crippen LogP contribution in [0.2, 0.25) is 25.7 Å². The molecule has 1 N–H and O–H groups in total. The zero-order valence-corrected chi connectivity index (χ0v) is 15.3. The Morgan fingerprint density at radius 2 is 2.05 bits per heavy atom. The van der Waals surface area contributed by atoms with Gasteiger partial charge in [-0.05, 0) is 25.2 Å². The van der Waals surface area contributed by atoms with E-state index >= 15 is 0 Å². The highest BCUT2D eigenvalue weighted by Gasteiger charge is 2.14. The van der Waals surface area contributed by atoms with Crippen LogP contribution in [0.3, 0.4) is 0 Å². The van der Waals surface area contributed by atoms with Crippen LogP contribution in [0.15, 0.2) is 23.1 Å². The van der Waals surface area contributed by atoms with Crippen LogP contribution in [0.1, 0.15) is 5.69 Å². The first-order valence-corrected chi connectivity index (χ1v) is 11.4. The van der Waals surface area contributed by atoms with Gasteiger partial charge in [0.1, 0.15) is 6.73 Å². The fourth-order valence-corrected chi connectivity index (χ4v) is 3.18.